The maximum atomic E-state index is 5.90. The minimum Gasteiger partial charge on any atom is -0.490 e. The van der Waals surface area contributed by atoms with Gasteiger partial charge in [0.2, 0.25) is 0 Å². The van der Waals surface area contributed by atoms with Gasteiger partial charge in [-0.1, -0.05) is 13.0 Å². The molecule has 1 aromatic carbocycles. The molecule has 0 bridgehead atoms. The van der Waals surface area contributed by atoms with Crippen molar-refractivity contribution in [2.24, 2.45) is 5.92 Å². The molecule has 1 saturated heterocycles. The van der Waals surface area contributed by atoms with Crippen molar-refractivity contribution in [2.75, 3.05) is 34.0 Å². The van der Waals surface area contributed by atoms with Crippen molar-refractivity contribution in [3.8, 4) is 5.75 Å². The number of benzene rings is 1. The van der Waals surface area contributed by atoms with Crippen LogP contribution < -0.4 is 10.1 Å². The number of rotatable bonds is 7. The Morgan fingerprint density at radius 2 is 2.24 bits per heavy atom. The Kier molecular flexibility index (Phi) is 6.48. The van der Waals surface area contributed by atoms with E-state index in [9.17, 15) is 0 Å². The molecule has 2 rings (SSSR count). The molecule has 0 radical (unpaired) electrons. The Morgan fingerprint density at radius 3 is 2.81 bits per heavy atom. The summed E-state index contributed by atoms with van der Waals surface area (Å²) in [6, 6.07) is 6.41. The van der Waals surface area contributed by atoms with Crippen LogP contribution in [0.25, 0.3) is 0 Å². The maximum absolute atomic E-state index is 5.90. The van der Waals surface area contributed by atoms with Crippen LogP contribution in [-0.2, 0) is 9.47 Å². The molecule has 4 nitrogen and oxygen atoms in total. The number of halogens is 1. The van der Waals surface area contributed by atoms with E-state index in [1.807, 2.05) is 13.1 Å². The molecule has 1 aliphatic heterocycles. The van der Waals surface area contributed by atoms with Crippen molar-refractivity contribution >= 4 is 15.9 Å². The van der Waals surface area contributed by atoms with E-state index < -0.39 is 0 Å². The normalized spacial score (nSPS) is 23.2. The second-order valence-corrected chi connectivity index (χ2v) is 6.25. The lowest BCUT2D eigenvalue weighted by Crippen LogP contribution is -2.32. The summed E-state index contributed by atoms with van der Waals surface area (Å²) in [5, 5.41) is 3.38. The lowest BCUT2D eigenvalue weighted by molar-refractivity contribution is 0.0631. The Balaban J connectivity index is 2.10. The number of hydrogen-bond acceptors (Lipinski definition) is 4. The van der Waals surface area contributed by atoms with Crippen molar-refractivity contribution in [3.05, 3.63) is 28.2 Å². The van der Waals surface area contributed by atoms with E-state index in [1.54, 1.807) is 7.11 Å². The van der Waals surface area contributed by atoms with Crippen molar-refractivity contribution in [1.29, 1.82) is 0 Å². The molecule has 21 heavy (non-hydrogen) atoms. The van der Waals surface area contributed by atoms with Gasteiger partial charge in [0.15, 0.2) is 0 Å². The van der Waals surface area contributed by atoms with Gasteiger partial charge < -0.3 is 19.5 Å². The summed E-state index contributed by atoms with van der Waals surface area (Å²) in [6.07, 6.45) is 1.35. The van der Waals surface area contributed by atoms with Crippen LogP contribution >= 0.6 is 15.9 Å². The number of hydrogen-bond donors (Lipinski definition) is 1. The Labute approximate surface area is 135 Å². The fraction of sp³-hybridized carbons (Fsp3) is 0.625. The summed E-state index contributed by atoms with van der Waals surface area (Å²) < 4.78 is 17.5. The van der Waals surface area contributed by atoms with Gasteiger partial charge in [-0.15, -0.1) is 0 Å². The Morgan fingerprint density at radius 1 is 1.43 bits per heavy atom. The average Bonchev–Trinajstić information content (AvgIpc) is 2.89. The smallest absolute Gasteiger partial charge is 0.133 e. The van der Waals surface area contributed by atoms with E-state index in [2.05, 4.69) is 40.3 Å². The fourth-order valence-electron chi connectivity index (χ4n) is 2.73. The molecule has 0 spiro atoms. The van der Waals surface area contributed by atoms with E-state index in [0.717, 1.165) is 23.2 Å². The third kappa shape index (κ3) is 4.19. The van der Waals surface area contributed by atoms with Gasteiger partial charge in [-0.25, -0.2) is 0 Å². The molecule has 1 N–H and O–H groups in total. The predicted molar refractivity (Wildman–Crippen MR) is 86.8 cm³/mol. The largest absolute Gasteiger partial charge is 0.490 e. The molecule has 1 aromatic rings. The predicted octanol–water partition coefficient (Wildman–Crippen LogP) is 3.16. The first-order valence-electron chi connectivity index (χ1n) is 7.37. The van der Waals surface area contributed by atoms with Crippen LogP contribution in [0, 0.1) is 5.92 Å². The topological polar surface area (TPSA) is 39.7 Å². The van der Waals surface area contributed by atoms with Crippen LogP contribution in [0.4, 0.5) is 0 Å². The molecule has 1 aliphatic rings. The van der Waals surface area contributed by atoms with Crippen LogP contribution in [0.2, 0.25) is 0 Å². The molecular formula is C16H24BrNO3. The zero-order valence-corrected chi connectivity index (χ0v) is 14.5. The van der Waals surface area contributed by atoms with E-state index in [0.29, 0.717) is 19.1 Å². The zero-order chi connectivity index (χ0) is 15.2. The molecule has 3 atom stereocenters. The van der Waals surface area contributed by atoms with E-state index in [-0.39, 0.29) is 12.1 Å². The number of ether oxygens (including phenoxy) is 3. The lowest BCUT2D eigenvalue weighted by atomic mass is 9.92. The van der Waals surface area contributed by atoms with Crippen molar-refractivity contribution < 1.29 is 14.2 Å². The molecule has 3 unspecified atom stereocenters. The standard InChI is InChI=1S/C16H24BrNO3/c1-11-6-7-21-16(11)15(18-2)12-4-5-14(13(17)10-12)20-9-8-19-3/h4-5,10-11,15-16,18H,6-9H2,1-3H3. The first-order chi connectivity index (χ1) is 10.2. The van der Waals surface area contributed by atoms with Gasteiger partial charge in [-0.2, -0.15) is 0 Å². The Bertz CT molecular complexity index is 455. The molecule has 1 fully saturated rings. The molecular weight excluding hydrogens is 334 g/mol. The zero-order valence-electron chi connectivity index (χ0n) is 12.9. The molecule has 1 heterocycles. The first kappa shape index (κ1) is 16.7. The highest BCUT2D eigenvalue weighted by molar-refractivity contribution is 9.10. The van der Waals surface area contributed by atoms with Crippen LogP contribution in [0.15, 0.2) is 22.7 Å². The molecule has 5 heteroatoms. The highest BCUT2D eigenvalue weighted by Crippen LogP contribution is 2.34. The van der Waals surface area contributed by atoms with Crippen LogP contribution in [0.1, 0.15) is 24.9 Å². The highest BCUT2D eigenvalue weighted by atomic mass is 79.9. The summed E-state index contributed by atoms with van der Waals surface area (Å²) in [6.45, 7) is 4.23. The van der Waals surface area contributed by atoms with Crippen LogP contribution in [0.3, 0.4) is 0 Å². The highest BCUT2D eigenvalue weighted by Gasteiger charge is 2.32. The Hall–Kier alpha value is -0.620. The van der Waals surface area contributed by atoms with E-state index in [1.165, 1.54) is 5.56 Å². The molecule has 0 amide bonds. The van der Waals surface area contributed by atoms with Gasteiger partial charge in [-0.3, -0.25) is 0 Å². The summed E-state index contributed by atoms with van der Waals surface area (Å²) in [5.41, 5.74) is 1.21. The van der Waals surface area contributed by atoms with Crippen LogP contribution in [0.5, 0.6) is 5.75 Å². The fourth-order valence-corrected chi connectivity index (χ4v) is 3.24. The lowest BCUT2D eigenvalue weighted by Gasteiger charge is -2.26. The minimum atomic E-state index is 0.201. The van der Waals surface area contributed by atoms with Gasteiger partial charge >= 0.3 is 0 Å². The maximum Gasteiger partial charge on any atom is 0.133 e. The van der Waals surface area contributed by atoms with Gasteiger partial charge in [0.05, 0.1) is 23.2 Å². The quantitative estimate of drug-likeness (QED) is 0.760. The number of likely N-dealkylation sites (N-methyl/N-ethyl adjacent to an activating group) is 1. The van der Waals surface area contributed by atoms with Gasteiger partial charge in [0.1, 0.15) is 12.4 Å². The third-order valence-electron chi connectivity index (χ3n) is 3.94. The molecule has 118 valence electrons. The van der Waals surface area contributed by atoms with E-state index >= 15 is 0 Å². The van der Waals surface area contributed by atoms with E-state index in [4.69, 9.17) is 14.2 Å². The average molecular weight is 358 g/mol. The second-order valence-electron chi connectivity index (χ2n) is 5.40. The SMILES string of the molecule is CNC(c1ccc(OCCOC)c(Br)c1)C1OCCC1C. The van der Waals surface area contributed by atoms with Gasteiger partial charge in [-0.05, 0) is 53.0 Å². The molecule has 0 aliphatic carbocycles. The minimum absolute atomic E-state index is 0.201. The number of methoxy groups -OCH3 is 1. The first-order valence-corrected chi connectivity index (χ1v) is 8.16. The van der Waals surface area contributed by atoms with Crippen molar-refractivity contribution in [1.82, 2.24) is 5.32 Å². The summed E-state index contributed by atoms with van der Waals surface area (Å²) in [5.74, 6) is 1.41. The van der Waals surface area contributed by atoms with Gasteiger partial charge in [0, 0.05) is 13.7 Å². The second kappa shape index (κ2) is 8.13. The van der Waals surface area contributed by atoms with Crippen LogP contribution in [-0.4, -0.2) is 40.1 Å². The molecule has 0 aromatic heterocycles. The molecule has 0 saturated carbocycles. The third-order valence-corrected chi connectivity index (χ3v) is 4.56. The summed E-state index contributed by atoms with van der Waals surface area (Å²) >= 11 is 3.59. The summed E-state index contributed by atoms with van der Waals surface area (Å²) in [4.78, 5) is 0. The summed E-state index contributed by atoms with van der Waals surface area (Å²) in [7, 11) is 3.65. The van der Waals surface area contributed by atoms with Crippen molar-refractivity contribution in [2.45, 2.75) is 25.5 Å². The van der Waals surface area contributed by atoms with Crippen molar-refractivity contribution in [3.63, 3.8) is 0 Å². The number of nitrogens with one attached hydrogen (secondary N) is 1. The monoisotopic (exact) mass is 357 g/mol. The van der Waals surface area contributed by atoms with Gasteiger partial charge in [0.25, 0.3) is 0 Å².